The summed E-state index contributed by atoms with van der Waals surface area (Å²) in [5, 5.41) is 8.92. The summed E-state index contributed by atoms with van der Waals surface area (Å²) in [7, 11) is -4.11. The largest absolute Gasteiger partial charge is 0.494 e. The van der Waals surface area contributed by atoms with Gasteiger partial charge in [0.15, 0.2) is 0 Å². The van der Waals surface area contributed by atoms with Gasteiger partial charge in [0.25, 0.3) is 11.8 Å². The first-order valence-corrected chi connectivity index (χ1v) is 11.2. The maximum Gasteiger partial charge on any atom is 0.303 e. The summed E-state index contributed by atoms with van der Waals surface area (Å²) in [5.41, 5.74) is 0.354. The maximum atomic E-state index is 12.9. The fraction of sp³-hybridized carbons (Fsp3) is 0.286. The number of carbonyl (C=O) groups is 3. The van der Waals surface area contributed by atoms with Crippen LogP contribution in [0.3, 0.4) is 0 Å². The second kappa shape index (κ2) is 9.27. The molecule has 0 radical (unpaired) electrons. The third-order valence-electron chi connectivity index (χ3n) is 4.74. The predicted molar refractivity (Wildman–Crippen MR) is 110 cm³/mol. The second-order valence-corrected chi connectivity index (χ2v) is 8.57. The van der Waals surface area contributed by atoms with E-state index in [4.69, 9.17) is 9.84 Å². The molecule has 1 atom stereocenters. The van der Waals surface area contributed by atoms with Crippen LogP contribution >= 0.6 is 0 Å². The lowest BCUT2D eigenvalue weighted by molar-refractivity contribution is -0.137. The zero-order valence-electron chi connectivity index (χ0n) is 16.8. The van der Waals surface area contributed by atoms with E-state index in [0.29, 0.717) is 12.4 Å². The van der Waals surface area contributed by atoms with Crippen molar-refractivity contribution >= 4 is 27.8 Å². The minimum Gasteiger partial charge on any atom is -0.494 e. The summed E-state index contributed by atoms with van der Waals surface area (Å²) in [6.07, 6.45) is -1.44. The van der Waals surface area contributed by atoms with E-state index in [0.717, 1.165) is 4.90 Å². The molecule has 0 spiro atoms. The number of hydrogen-bond acceptors (Lipinski definition) is 6. The Labute approximate surface area is 179 Å². The van der Waals surface area contributed by atoms with Crippen molar-refractivity contribution < 1.29 is 32.6 Å². The van der Waals surface area contributed by atoms with Gasteiger partial charge in [0, 0.05) is 6.42 Å². The topological polar surface area (TPSA) is 130 Å². The van der Waals surface area contributed by atoms with E-state index in [1.807, 2.05) is 0 Å². The molecule has 3 rings (SSSR count). The highest BCUT2D eigenvalue weighted by atomic mass is 32.2. The van der Waals surface area contributed by atoms with Crippen molar-refractivity contribution in [3.8, 4) is 5.75 Å². The highest BCUT2D eigenvalue weighted by Crippen LogP contribution is 2.26. The third kappa shape index (κ3) is 4.92. The van der Waals surface area contributed by atoms with Crippen molar-refractivity contribution in [3.63, 3.8) is 0 Å². The number of ether oxygens (including phenoxy) is 1. The van der Waals surface area contributed by atoms with Gasteiger partial charge in [-0.1, -0.05) is 12.1 Å². The van der Waals surface area contributed by atoms with Crippen LogP contribution in [0.25, 0.3) is 0 Å². The Morgan fingerprint density at radius 1 is 1.06 bits per heavy atom. The summed E-state index contributed by atoms with van der Waals surface area (Å²) < 4.78 is 33.6. The molecule has 0 aromatic heterocycles. The van der Waals surface area contributed by atoms with E-state index in [1.54, 1.807) is 19.1 Å². The van der Waals surface area contributed by atoms with Crippen LogP contribution in [-0.2, 0) is 14.8 Å². The van der Waals surface area contributed by atoms with Crippen LogP contribution in [0.15, 0.2) is 53.4 Å². The number of carboxylic acids is 1. The first-order valence-electron chi connectivity index (χ1n) is 9.68. The normalized spacial score (nSPS) is 14.4. The lowest BCUT2D eigenvalue weighted by Gasteiger charge is -2.27. The minimum absolute atomic E-state index is 0.0476. The number of nitrogens with zero attached hydrogens (tertiary/aromatic N) is 1. The molecule has 1 aliphatic heterocycles. The van der Waals surface area contributed by atoms with Crippen LogP contribution in [0.4, 0.5) is 0 Å². The number of carbonyl (C=O) groups excluding carboxylic acids is 2. The number of hydrogen-bond donors (Lipinski definition) is 2. The number of aliphatic carboxylic acids is 1. The van der Waals surface area contributed by atoms with Crippen molar-refractivity contribution in [3.05, 3.63) is 59.7 Å². The molecule has 0 fully saturated rings. The van der Waals surface area contributed by atoms with E-state index >= 15 is 0 Å². The van der Waals surface area contributed by atoms with Crippen LogP contribution in [-0.4, -0.2) is 49.0 Å². The Morgan fingerprint density at radius 2 is 1.65 bits per heavy atom. The Kier molecular flexibility index (Phi) is 6.71. The number of amides is 2. The molecule has 2 N–H and O–H groups in total. The Hall–Kier alpha value is -3.24. The quantitative estimate of drug-likeness (QED) is 0.535. The van der Waals surface area contributed by atoms with Gasteiger partial charge in [0.2, 0.25) is 10.0 Å². The van der Waals surface area contributed by atoms with Crippen molar-refractivity contribution in [2.24, 2.45) is 0 Å². The molecule has 1 aliphatic rings. The Morgan fingerprint density at radius 3 is 2.16 bits per heavy atom. The molecule has 10 heteroatoms. The zero-order valence-corrected chi connectivity index (χ0v) is 17.6. The van der Waals surface area contributed by atoms with Crippen molar-refractivity contribution in [2.45, 2.75) is 37.2 Å². The fourth-order valence-corrected chi connectivity index (χ4v) is 4.52. The van der Waals surface area contributed by atoms with Crippen LogP contribution in [0.2, 0.25) is 0 Å². The van der Waals surface area contributed by atoms with E-state index < -0.39 is 34.0 Å². The molecular weight excluding hydrogens is 424 g/mol. The molecule has 0 bridgehead atoms. The molecular formula is C21H22N2O7S. The summed E-state index contributed by atoms with van der Waals surface area (Å²) >= 11 is 0. The number of nitrogens with one attached hydrogen (secondary N) is 1. The number of fused-ring (bicyclic) bond motifs is 1. The molecule has 9 nitrogen and oxygen atoms in total. The molecule has 0 aliphatic carbocycles. The summed E-state index contributed by atoms with van der Waals surface area (Å²) in [4.78, 5) is 37.3. The Balaban J connectivity index is 1.88. The van der Waals surface area contributed by atoms with Gasteiger partial charge >= 0.3 is 5.97 Å². The van der Waals surface area contributed by atoms with Gasteiger partial charge in [-0.2, -0.15) is 4.72 Å². The van der Waals surface area contributed by atoms with Crippen LogP contribution < -0.4 is 9.46 Å². The van der Waals surface area contributed by atoms with Gasteiger partial charge in [-0.25, -0.2) is 8.42 Å². The van der Waals surface area contributed by atoms with Gasteiger partial charge in [-0.3, -0.25) is 19.3 Å². The van der Waals surface area contributed by atoms with E-state index in [1.165, 1.54) is 36.4 Å². The number of benzene rings is 2. The number of rotatable bonds is 10. The number of sulfonamides is 1. The van der Waals surface area contributed by atoms with Crippen LogP contribution in [0.5, 0.6) is 5.75 Å². The van der Waals surface area contributed by atoms with E-state index in [9.17, 15) is 22.8 Å². The standard InChI is InChI=1S/C21H22N2O7S/c1-2-30-14-10-12-15(13-11-14)31(28,29)22-18(8-5-9-19(24)25)23-20(26)16-6-3-4-7-17(16)21(23)27/h3-4,6-7,10-13,18,22H,2,5,8-9H2,1H3,(H,24,25). The van der Waals surface area contributed by atoms with Crippen molar-refractivity contribution in [1.29, 1.82) is 0 Å². The molecule has 164 valence electrons. The van der Waals surface area contributed by atoms with Gasteiger partial charge in [0.1, 0.15) is 11.9 Å². The fourth-order valence-electron chi connectivity index (χ4n) is 3.31. The highest BCUT2D eigenvalue weighted by Gasteiger charge is 2.41. The zero-order chi connectivity index (χ0) is 22.6. The van der Waals surface area contributed by atoms with E-state index in [-0.39, 0.29) is 35.3 Å². The monoisotopic (exact) mass is 446 g/mol. The molecule has 0 saturated heterocycles. The van der Waals surface area contributed by atoms with Crippen molar-refractivity contribution in [1.82, 2.24) is 9.62 Å². The summed E-state index contributed by atoms with van der Waals surface area (Å²) in [6, 6.07) is 11.9. The lowest BCUT2D eigenvalue weighted by Crippen LogP contribution is -2.50. The molecule has 2 aromatic carbocycles. The molecule has 1 heterocycles. The average Bonchev–Trinajstić information content (AvgIpc) is 2.98. The molecule has 2 amide bonds. The molecule has 0 saturated carbocycles. The van der Waals surface area contributed by atoms with Crippen molar-refractivity contribution in [2.75, 3.05) is 6.61 Å². The van der Waals surface area contributed by atoms with Gasteiger partial charge < -0.3 is 9.84 Å². The highest BCUT2D eigenvalue weighted by molar-refractivity contribution is 7.89. The first kappa shape index (κ1) is 22.4. The first-order chi connectivity index (χ1) is 14.7. The molecule has 2 aromatic rings. The van der Waals surface area contributed by atoms with Gasteiger partial charge in [0.05, 0.1) is 22.6 Å². The lowest BCUT2D eigenvalue weighted by atomic mass is 10.1. The van der Waals surface area contributed by atoms with Crippen LogP contribution in [0.1, 0.15) is 46.9 Å². The maximum absolute atomic E-state index is 12.9. The second-order valence-electron chi connectivity index (χ2n) is 6.85. The number of carboxylic acid groups (broad SMARTS) is 1. The minimum atomic E-state index is -4.11. The average molecular weight is 446 g/mol. The summed E-state index contributed by atoms with van der Waals surface area (Å²) in [5.74, 6) is -1.82. The SMILES string of the molecule is CCOc1ccc(S(=O)(=O)NC(CCCC(=O)O)N2C(=O)c3ccccc3C2=O)cc1. The predicted octanol–water partition coefficient (Wildman–Crippen LogP) is 2.24. The van der Waals surface area contributed by atoms with Gasteiger partial charge in [-0.05, 0) is 56.2 Å². The van der Waals surface area contributed by atoms with Crippen LogP contribution in [0, 0.1) is 0 Å². The smallest absolute Gasteiger partial charge is 0.303 e. The Bertz CT molecular complexity index is 1060. The molecule has 31 heavy (non-hydrogen) atoms. The number of imide groups is 1. The third-order valence-corrected chi connectivity index (χ3v) is 6.22. The van der Waals surface area contributed by atoms with E-state index in [2.05, 4.69) is 4.72 Å². The summed E-state index contributed by atoms with van der Waals surface area (Å²) in [6.45, 7) is 2.23. The molecule has 1 unspecified atom stereocenters. The van der Waals surface area contributed by atoms with Gasteiger partial charge in [-0.15, -0.1) is 0 Å².